The second kappa shape index (κ2) is 14.8. The largest absolute Gasteiger partial charge is 0.412 e. The molecule has 0 atom stereocenters. The van der Waals surface area contributed by atoms with Crippen LogP contribution in [0.3, 0.4) is 0 Å². The van der Waals surface area contributed by atoms with Crippen molar-refractivity contribution in [3.63, 3.8) is 0 Å². The molecule has 224 valence electrons. The van der Waals surface area contributed by atoms with Gasteiger partial charge in [0.15, 0.2) is 9.92 Å². The lowest BCUT2D eigenvalue weighted by Crippen LogP contribution is -1.84. The number of para-hydroxylation sites is 2. The molecule has 0 bridgehead atoms. The Morgan fingerprint density at radius 2 is 0.907 bits per heavy atom. The molecule has 0 saturated carbocycles. The molecule has 4 aromatic carbocycles. The van der Waals surface area contributed by atoms with Crippen molar-refractivity contribution < 1.29 is 5.48 Å². The molecule has 0 saturated heterocycles. The molecule has 0 unspecified atom stereocenters. The van der Waals surface area contributed by atoms with Crippen LogP contribution in [0.25, 0.3) is 52.9 Å². The van der Waals surface area contributed by atoms with Crippen LogP contribution in [0, 0.1) is 0 Å². The van der Waals surface area contributed by atoms with Gasteiger partial charge in [0.2, 0.25) is 0 Å². The fourth-order valence-corrected chi connectivity index (χ4v) is 6.59. The molecule has 0 spiro atoms. The smallest absolute Gasteiger partial charge is 0.195 e. The third kappa shape index (κ3) is 6.84. The van der Waals surface area contributed by atoms with Gasteiger partial charge >= 0.3 is 0 Å². The monoisotopic (exact) mass is 692 g/mol. The van der Waals surface area contributed by atoms with Gasteiger partial charge in [0.05, 0.1) is 31.8 Å². The molecule has 0 amide bonds. The van der Waals surface area contributed by atoms with E-state index in [0.717, 1.165) is 43.8 Å². The highest BCUT2D eigenvalue weighted by Crippen LogP contribution is 2.31. The zero-order valence-electron chi connectivity index (χ0n) is 22.3. The van der Waals surface area contributed by atoms with Gasteiger partial charge in [-0.2, -0.15) is 0 Å². The molecular weight excluding hydrogens is 666 g/mol. The van der Waals surface area contributed by atoms with Crippen molar-refractivity contribution in [2.75, 3.05) is 11.5 Å². The number of nitrogen functional groups attached to an aromatic ring is 2. The predicted molar refractivity (Wildman–Crippen MR) is 193 cm³/mol. The highest BCUT2D eigenvalue weighted by molar-refractivity contribution is 7.24. The number of aromatic nitrogens is 4. The highest BCUT2D eigenvalue weighted by atomic mass is 35.5. The van der Waals surface area contributed by atoms with Crippen LogP contribution in [-0.2, 0) is 0 Å². The quantitative estimate of drug-likeness (QED) is 0.177. The van der Waals surface area contributed by atoms with Crippen LogP contribution >= 0.6 is 72.3 Å². The van der Waals surface area contributed by atoms with Gasteiger partial charge in [0.1, 0.15) is 0 Å². The molecule has 8 rings (SSSR count). The summed E-state index contributed by atoms with van der Waals surface area (Å²) in [7, 11) is 0. The Morgan fingerprint density at radius 3 is 1.30 bits per heavy atom. The summed E-state index contributed by atoms with van der Waals surface area (Å²) in [5.74, 6) is 0. The van der Waals surface area contributed by atoms with Crippen molar-refractivity contribution in [2.24, 2.45) is 0 Å². The van der Waals surface area contributed by atoms with Crippen LogP contribution in [0.4, 0.5) is 11.4 Å². The normalized spacial score (nSPS) is 10.0. The van der Waals surface area contributed by atoms with E-state index < -0.39 is 0 Å². The Hall–Kier alpha value is -3.54. The Kier molecular flexibility index (Phi) is 12.2. The number of nitrogens with zero attached hydrogens (tertiary/aromatic N) is 4. The third-order valence-electron chi connectivity index (χ3n) is 6.36. The number of hydrogen-bond acceptors (Lipinski definition) is 6. The molecule has 6 N–H and O–H groups in total. The van der Waals surface area contributed by atoms with Crippen LogP contribution in [0.15, 0.2) is 109 Å². The van der Waals surface area contributed by atoms with E-state index in [1.54, 1.807) is 22.7 Å². The van der Waals surface area contributed by atoms with Crippen molar-refractivity contribution in [1.29, 1.82) is 0 Å². The number of hydrogen-bond donors (Lipinski definition) is 2. The van der Waals surface area contributed by atoms with E-state index in [1.807, 2.05) is 48.5 Å². The molecule has 0 aliphatic rings. The highest BCUT2D eigenvalue weighted by Gasteiger charge is 2.11. The number of imidazole rings is 2. The van der Waals surface area contributed by atoms with Crippen molar-refractivity contribution in [3.05, 3.63) is 109 Å². The zero-order chi connectivity index (χ0) is 25.6. The topological polar surface area (TPSA) is 118 Å². The lowest BCUT2D eigenvalue weighted by Gasteiger charge is -1.97. The zero-order valence-corrected chi connectivity index (χ0v) is 27.2. The molecule has 0 radical (unpaired) electrons. The molecule has 7 nitrogen and oxygen atoms in total. The van der Waals surface area contributed by atoms with Gasteiger partial charge in [-0.3, -0.25) is 8.80 Å². The summed E-state index contributed by atoms with van der Waals surface area (Å²) < 4.78 is 6.78. The minimum absolute atomic E-state index is 0. The number of thiazole rings is 2. The SMILES string of the molecule is Cl.Cl.Cl.Cl.Nc1cccc(-c2cn3c(n2)sc2ccccc23)c1.Nc1cccc(-c2cn3c(n2)sc2ccccc23)c1.O. The van der Waals surface area contributed by atoms with Crippen LogP contribution in [-0.4, -0.2) is 24.2 Å². The second-order valence-electron chi connectivity index (χ2n) is 8.95. The van der Waals surface area contributed by atoms with Gasteiger partial charge in [-0.25, -0.2) is 9.97 Å². The summed E-state index contributed by atoms with van der Waals surface area (Å²) in [5, 5.41) is 0. The molecule has 8 aromatic rings. The van der Waals surface area contributed by atoms with Crippen LogP contribution in [0.1, 0.15) is 0 Å². The van der Waals surface area contributed by atoms with Gasteiger partial charge in [-0.1, -0.05) is 71.2 Å². The van der Waals surface area contributed by atoms with Crippen molar-refractivity contribution in [2.45, 2.75) is 0 Å². The lowest BCUT2D eigenvalue weighted by molar-refractivity contribution is 0.824. The Morgan fingerprint density at radius 1 is 0.512 bits per heavy atom. The number of fused-ring (bicyclic) bond motifs is 6. The number of halogens is 4. The Bertz CT molecular complexity index is 1950. The maximum Gasteiger partial charge on any atom is 0.195 e. The minimum atomic E-state index is 0. The summed E-state index contributed by atoms with van der Waals surface area (Å²) in [6.45, 7) is 0. The van der Waals surface area contributed by atoms with Crippen molar-refractivity contribution in [3.8, 4) is 22.5 Å². The fraction of sp³-hybridized carbons (Fsp3) is 0. The van der Waals surface area contributed by atoms with Crippen LogP contribution in [0.5, 0.6) is 0 Å². The van der Waals surface area contributed by atoms with E-state index in [9.17, 15) is 0 Å². The molecule has 0 aliphatic carbocycles. The van der Waals surface area contributed by atoms with E-state index in [4.69, 9.17) is 11.5 Å². The summed E-state index contributed by atoms with van der Waals surface area (Å²) in [4.78, 5) is 11.4. The first kappa shape index (κ1) is 35.7. The van der Waals surface area contributed by atoms with Gasteiger partial charge in [-0.05, 0) is 48.5 Å². The van der Waals surface area contributed by atoms with Gasteiger partial charge in [0.25, 0.3) is 0 Å². The number of anilines is 2. The molecule has 0 fully saturated rings. The molecule has 13 heteroatoms. The molecule has 0 aliphatic heterocycles. The summed E-state index contributed by atoms with van der Waals surface area (Å²) >= 11 is 3.40. The summed E-state index contributed by atoms with van der Waals surface area (Å²) in [6.07, 6.45) is 4.14. The van der Waals surface area contributed by atoms with Gasteiger partial charge in [-0.15, -0.1) is 49.6 Å². The van der Waals surface area contributed by atoms with E-state index in [2.05, 4.69) is 79.7 Å². The first-order valence-electron chi connectivity index (χ1n) is 12.1. The number of benzene rings is 4. The minimum Gasteiger partial charge on any atom is -0.412 e. The maximum absolute atomic E-state index is 5.82. The van der Waals surface area contributed by atoms with Crippen LogP contribution < -0.4 is 11.5 Å². The van der Waals surface area contributed by atoms with Crippen molar-refractivity contribution >= 4 is 114 Å². The average Bonchev–Trinajstić information content (AvgIpc) is 3.68. The Balaban J connectivity index is 0.000000269. The van der Waals surface area contributed by atoms with Crippen LogP contribution in [0.2, 0.25) is 0 Å². The van der Waals surface area contributed by atoms with Crippen molar-refractivity contribution in [1.82, 2.24) is 18.8 Å². The average molecular weight is 695 g/mol. The van der Waals surface area contributed by atoms with E-state index in [0.29, 0.717) is 0 Å². The number of nitrogens with two attached hydrogens (primary N) is 2. The van der Waals surface area contributed by atoms with Gasteiger partial charge < -0.3 is 16.9 Å². The molecule has 4 heterocycles. The first-order chi connectivity index (χ1) is 18.6. The molecular formula is C30H28Cl4N6OS2. The summed E-state index contributed by atoms with van der Waals surface area (Å²) in [6, 6.07) is 32.3. The predicted octanol–water partition coefficient (Wildman–Crippen LogP) is 8.46. The van der Waals surface area contributed by atoms with Gasteiger partial charge in [0, 0.05) is 34.9 Å². The Labute approximate surface area is 280 Å². The standard InChI is InChI=1S/2C15H11N3S.4ClH.H2O/c2*16-11-5-3-4-10(8-11)12-9-18-13-6-1-2-7-14(13)19-15(18)17-12;;;;;/h2*1-9H,16H2;4*1H;1H2. The van der Waals surface area contributed by atoms with E-state index in [1.165, 1.54) is 20.4 Å². The third-order valence-corrected chi connectivity index (χ3v) is 8.44. The lowest BCUT2D eigenvalue weighted by atomic mass is 10.1. The fourth-order valence-electron chi connectivity index (χ4n) is 4.57. The first-order valence-corrected chi connectivity index (χ1v) is 13.7. The summed E-state index contributed by atoms with van der Waals surface area (Å²) in [5.41, 5.74) is 19.6. The second-order valence-corrected chi connectivity index (χ2v) is 11.0. The van der Waals surface area contributed by atoms with E-state index in [-0.39, 0.29) is 55.1 Å². The number of rotatable bonds is 2. The maximum atomic E-state index is 5.82. The molecule has 4 aromatic heterocycles. The van der Waals surface area contributed by atoms with E-state index >= 15 is 0 Å². The molecule has 43 heavy (non-hydrogen) atoms.